The lowest BCUT2D eigenvalue weighted by atomic mass is 9.79. The Labute approximate surface area is 108 Å². The molecule has 0 unspecified atom stereocenters. The van der Waals surface area contributed by atoms with Crippen LogP contribution in [0.3, 0.4) is 0 Å². The molecule has 0 amide bonds. The van der Waals surface area contributed by atoms with E-state index in [2.05, 4.69) is 24.3 Å². The van der Waals surface area contributed by atoms with Gasteiger partial charge >= 0.3 is 0 Å². The summed E-state index contributed by atoms with van der Waals surface area (Å²) in [7, 11) is 0. The fourth-order valence-electron chi connectivity index (χ4n) is 3.27. The Balaban J connectivity index is 1.87. The molecule has 0 saturated carbocycles. The Hall–Kier alpha value is -1.15. The van der Waals surface area contributed by atoms with Gasteiger partial charge in [0.15, 0.2) is 0 Å². The van der Waals surface area contributed by atoms with Crippen molar-refractivity contribution < 1.29 is 9.13 Å². The van der Waals surface area contributed by atoms with Gasteiger partial charge in [0.25, 0.3) is 0 Å². The SMILES string of the molecule is FC1=C[C@H]2CCO[C@@H](c3ccccc3)[C@@H]2CCC1. The van der Waals surface area contributed by atoms with Crippen molar-refractivity contribution >= 4 is 0 Å². The first-order valence-corrected chi connectivity index (χ1v) is 6.87. The van der Waals surface area contributed by atoms with Crippen LogP contribution in [0.4, 0.5) is 4.39 Å². The third kappa shape index (κ3) is 2.35. The molecular weight excluding hydrogens is 227 g/mol. The summed E-state index contributed by atoms with van der Waals surface area (Å²) in [6.45, 7) is 0.741. The molecule has 0 spiro atoms. The zero-order valence-electron chi connectivity index (χ0n) is 10.5. The van der Waals surface area contributed by atoms with E-state index >= 15 is 0 Å². The Bertz CT molecular complexity index is 426. The largest absolute Gasteiger partial charge is 0.373 e. The van der Waals surface area contributed by atoms with E-state index in [1.54, 1.807) is 0 Å². The normalized spacial score (nSPS) is 32.3. The molecule has 1 aromatic rings. The van der Waals surface area contributed by atoms with Gasteiger partial charge in [-0.05, 0) is 49.2 Å². The molecule has 1 nitrogen and oxygen atoms in total. The Morgan fingerprint density at radius 2 is 1.94 bits per heavy atom. The van der Waals surface area contributed by atoms with E-state index < -0.39 is 0 Å². The zero-order chi connectivity index (χ0) is 12.4. The fourth-order valence-corrected chi connectivity index (χ4v) is 3.27. The number of halogens is 1. The summed E-state index contributed by atoms with van der Waals surface area (Å²) in [6, 6.07) is 10.4. The van der Waals surface area contributed by atoms with Gasteiger partial charge in [0.1, 0.15) is 0 Å². The fraction of sp³-hybridized carbons (Fsp3) is 0.500. The molecular formula is C16H19FO. The molecule has 0 bridgehead atoms. The average molecular weight is 246 g/mol. The van der Waals surface area contributed by atoms with Crippen LogP contribution in [0, 0.1) is 11.8 Å². The van der Waals surface area contributed by atoms with Crippen molar-refractivity contribution in [3.8, 4) is 0 Å². The standard InChI is InChI=1S/C16H19FO/c17-14-7-4-8-15-13(11-14)9-10-18-16(15)12-5-2-1-3-6-12/h1-3,5-6,11,13,15-16H,4,7-10H2/t13-,15-,16+/m1/s1. The monoisotopic (exact) mass is 246 g/mol. The summed E-state index contributed by atoms with van der Waals surface area (Å²) in [4.78, 5) is 0. The van der Waals surface area contributed by atoms with E-state index in [0.717, 1.165) is 25.9 Å². The molecule has 0 radical (unpaired) electrons. The highest BCUT2D eigenvalue weighted by Gasteiger charge is 2.35. The summed E-state index contributed by atoms with van der Waals surface area (Å²) in [5, 5.41) is 0. The van der Waals surface area contributed by atoms with Gasteiger partial charge in [0, 0.05) is 6.61 Å². The second kappa shape index (κ2) is 5.23. The molecule has 0 aromatic heterocycles. The highest BCUT2D eigenvalue weighted by molar-refractivity contribution is 5.20. The van der Waals surface area contributed by atoms with Crippen molar-refractivity contribution in [3.63, 3.8) is 0 Å². The maximum atomic E-state index is 13.6. The maximum Gasteiger partial charge on any atom is 0.0962 e. The van der Waals surface area contributed by atoms with Gasteiger partial charge in [-0.2, -0.15) is 0 Å². The molecule has 1 aromatic carbocycles. The Morgan fingerprint density at radius 3 is 2.78 bits per heavy atom. The minimum Gasteiger partial charge on any atom is -0.373 e. The minimum atomic E-state index is 0.0798. The maximum absolute atomic E-state index is 13.6. The van der Waals surface area contributed by atoms with E-state index in [4.69, 9.17) is 4.74 Å². The first kappa shape index (κ1) is 11.9. The minimum absolute atomic E-state index is 0.0798. The number of benzene rings is 1. The first-order chi connectivity index (χ1) is 8.84. The number of hydrogen-bond acceptors (Lipinski definition) is 1. The van der Waals surface area contributed by atoms with Crippen LogP contribution in [0.1, 0.15) is 37.4 Å². The summed E-state index contributed by atoms with van der Waals surface area (Å²) in [5.41, 5.74) is 1.24. The van der Waals surface area contributed by atoms with Crippen molar-refractivity contribution in [1.29, 1.82) is 0 Å². The van der Waals surface area contributed by atoms with Crippen LogP contribution in [0.15, 0.2) is 42.2 Å². The molecule has 3 rings (SSSR count). The highest BCUT2D eigenvalue weighted by atomic mass is 19.1. The number of fused-ring (bicyclic) bond motifs is 1. The van der Waals surface area contributed by atoms with Crippen LogP contribution in [0.2, 0.25) is 0 Å². The highest BCUT2D eigenvalue weighted by Crippen LogP contribution is 2.43. The van der Waals surface area contributed by atoms with Crippen LogP contribution in [-0.4, -0.2) is 6.61 Å². The van der Waals surface area contributed by atoms with Crippen LogP contribution < -0.4 is 0 Å². The van der Waals surface area contributed by atoms with Crippen molar-refractivity contribution in [2.45, 2.75) is 31.8 Å². The summed E-state index contributed by atoms with van der Waals surface area (Å²) >= 11 is 0. The number of allylic oxidation sites excluding steroid dienone is 2. The summed E-state index contributed by atoms with van der Waals surface area (Å²) < 4.78 is 19.5. The number of rotatable bonds is 1. The second-order valence-electron chi connectivity index (χ2n) is 5.32. The Morgan fingerprint density at radius 1 is 1.11 bits per heavy atom. The van der Waals surface area contributed by atoms with Gasteiger partial charge in [-0.1, -0.05) is 30.3 Å². The van der Waals surface area contributed by atoms with E-state index in [1.165, 1.54) is 5.56 Å². The molecule has 3 atom stereocenters. The van der Waals surface area contributed by atoms with Crippen molar-refractivity contribution in [2.24, 2.45) is 11.8 Å². The average Bonchev–Trinajstić information content (AvgIpc) is 2.60. The van der Waals surface area contributed by atoms with E-state index in [9.17, 15) is 4.39 Å². The zero-order valence-corrected chi connectivity index (χ0v) is 10.5. The number of hydrogen-bond donors (Lipinski definition) is 0. The summed E-state index contributed by atoms with van der Waals surface area (Å²) in [5.74, 6) is 0.872. The quantitative estimate of drug-likeness (QED) is 0.712. The molecule has 2 aliphatic rings. The van der Waals surface area contributed by atoms with Gasteiger partial charge in [0.2, 0.25) is 0 Å². The third-order valence-electron chi connectivity index (χ3n) is 4.16. The van der Waals surface area contributed by atoms with Crippen LogP contribution in [0.25, 0.3) is 0 Å². The molecule has 96 valence electrons. The summed E-state index contributed by atoms with van der Waals surface area (Å²) in [6.07, 6.45) is 5.57. The van der Waals surface area contributed by atoms with Crippen LogP contribution >= 0.6 is 0 Å². The predicted molar refractivity (Wildman–Crippen MR) is 69.8 cm³/mol. The lowest BCUT2D eigenvalue weighted by Crippen LogP contribution is -2.29. The number of ether oxygens (including phenoxy) is 1. The van der Waals surface area contributed by atoms with Crippen molar-refractivity contribution in [1.82, 2.24) is 0 Å². The van der Waals surface area contributed by atoms with Gasteiger partial charge in [-0.3, -0.25) is 0 Å². The molecule has 0 N–H and O–H groups in total. The lowest BCUT2D eigenvalue weighted by Gasteiger charge is -2.36. The molecule has 1 heterocycles. The molecule has 1 fully saturated rings. The van der Waals surface area contributed by atoms with E-state index in [1.807, 2.05) is 12.1 Å². The molecule has 2 heteroatoms. The molecule has 1 saturated heterocycles. The van der Waals surface area contributed by atoms with Gasteiger partial charge in [-0.15, -0.1) is 0 Å². The smallest absolute Gasteiger partial charge is 0.0962 e. The van der Waals surface area contributed by atoms with Gasteiger partial charge in [-0.25, -0.2) is 4.39 Å². The van der Waals surface area contributed by atoms with Crippen molar-refractivity contribution in [2.75, 3.05) is 6.61 Å². The van der Waals surface area contributed by atoms with Gasteiger partial charge < -0.3 is 4.74 Å². The van der Waals surface area contributed by atoms with Crippen molar-refractivity contribution in [3.05, 3.63) is 47.8 Å². The third-order valence-corrected chi connectivity index (χ3v) is 4.16. The molecule has 18 heavy (non-hydrogen) atoms. The van der Waals surface area contributed by atoms with Gasteiger partial charge in [0.05, 0.1) is 11.9 Å². The second-order valence-corrected chi connectivity index (χ2v) is 5.32. The van der Waals surface area contributed by atoms with Crippen LogP contribution in [0.5, 0.6) is 0 Å². The van der Waals surface area contributed by atoms with Crippen LogP contribution in [-0.2, 0) is 4.74 Å². The van der Waals surface area contributed by atoms with E-state index in [-0.39, 0.29) is 11.9 Å². The lowest BCUT2D eigenvalue weighted by molar-refractivity contribution is -0.0504. The molecule has 1 aliphatic carbocycles. The molecule has 1 aliphatic heterocycles. The topological polar surface area (TPSA) is 9.23 Å². The Kier molecular flexibility index (Phi) is 3.46. The first-order valence-electron chi connectivity index (χ1n) is 6.87. The predicted octanol–water partition coefficient (Wildman–Crippen LogP) is 4.42. The van der Waals surface area contributed by atoms with E-state index in [0.29, 0.717) is 18.3 Å².